The van der Waals surface area contributed by atoms with Gasteiger partial charge in [0, 0.05) is 30.1 Å². The molecule has 1 amide bonds. The third kappa shape index (κ3) is 4.84. The summed E-state index contributed by atoms with van der Waals surface area (Å²) in [6.45, 7) is 0.412. The standard InChI is InChI=1S/C20H25N3O5S3/c1-30(25,26)15-5-4-6-16(13-15)31(27,28)23-11-9-14(10-12-23)19(24)22-20-21-17-7-2-3-8-18(17)29-20/h4-6,13-14H,2-3,7-12H2,1H3,(H,21,22,24). The van der Waals surface area contributed by atoms with Gasteiger partial charge in [0.25, 0.3) is 0 Å². The monoisotopic (exact) mass is 483 g/mol. The first-order valence-corrected chi connectivity index (χ1v) is 14.4. The number of nitrogens with one attached hydrogen (secondary N) is 1. The third-order valence-corrected chi connectivity index (χ3v) is 9.85. The van der Waals surface area contributed by atoms with Gasteiger partial charge in [-0.2, -0.15) is 4.31 Å². The predicted molar refractivity (Wildman–Crippen MR) is 118 cm³/mol. The number of aryl methyl sites for hydroxylation is 2. The molecule has 168 valence electrons. The van der Waals surface area contributed by atoms with Crippen LogP contribution in [0.1, 0.15) is 36.3 Å². The zero-order valence-corrected chi connectivity index (χ0v) is 19.7. The lowest BCUT2D eigenvalue weighted by Crippen LogP contribution is -2.41. The molecule has 1 aromatic heterocycles. The molecule has 1 fully saturated rings. The summed E-state index contributed by atoms with van der Waals surface area (Å²) in [5.74, 6) is -0.406. The molecule has 2 heterocycles. The first kappa shape index (κ1) is 22.4. The van der Waals surface area contributed by atoms with Crippen LogP contribution in [0, 0.1) is 5.92 Å². The van der Waals surface area contributed by atoms with Gasteiger partial charge in [0.1, 0.15) is 0 Å². The van der Waals surface area contributed by atoms with Gasteiger partial charge in [-0.25, -0.2) is 21.8 Å². The number of fused-ring (bicyclic) bond motifs is 1. The Hall–Kier alpha value is -1.82. The van der Waals surface area contributed by atoms with E-state index < -0.39 is 19.9 Å². The van der Waals surface area contributed by atoms with Gasteiger partial charge in [0.2, 0.25) is 15.9 Å². The largest absolute Gasteiger partial charge is 0.302 e. The first-order valence-electron chi connectivity index (χ1n) is 10.2. The molecular formula is C20H25N3O5S3. The van der Waals surface area contributed by atoms with Crippen molar-refractivity contribution in [3.63, 3.8) is 0 Å². The second-order valence-corrected chi connectivity index (χ2v) is 13.0. The second-order valence-electron chi connectivity index (χ2n) is 8.01. The number of aromatic nitrogens is 1. The fraction of sp³-hybridized carbons (Fsp3) is 0.500. The molecule has 1 aromatic carbocycles. The van der Waals surface area contributed by atoms with Crippen molar-refractivity contribution in [3.05, 3.63) is 34.8 Å². The molecule has 0 unspecified atom stereocenters. The van der Waals surface area contributed by atoms with Crippen LogP contribution in [0.3, 0.4) is 0 Å². The molecule has 0 bridgehead atoms. The van der Waals surface area contributed by atoms with E-state index in [4.69, 9.17) is 0 Å². The molecular weight excluding hydrogens is 458 g/mol. The number of piperidine rings is 1. The topological polar surface area (TPSA) is 114 Å². The maximum atomic E-state index is 13.0. The Bertz CT molecular complexity index is 1170. The fourth-order valence-electron chi connectivity index (χ4n) is 3.99. The number of sulfone groups is 1. The van der Waals surface area contributed by atoms with Crippen LogP contribution in [0.4, 0.5) is 5.13 Å². The van der Waals surface area contributed by atoms with Crippen LogP contribution in [-0.2, 0) is 37.5 Å². The van der Waals surface area contributed by atoms with Gasteiger partial charge in [-0.15, -0.1) is 11.3 Å². The van der Waals surface area contributed by atoms with E-state index in [9.17, 15) is 21.6 Å². The quantitative estimate of drug-likeness (QED) is 0.699. The average Bonchev–Trinajstić information content (AvgIpc) is 3.15. The Morgan fingerprint density at radius 3 is 2.45 bits per heavy atom. The van der Waals surface area contributed by atoms with E-state index >= 15 is 0 Å². The molecule has 8 nitrogen and oxygen atoms in total. The lowest BCUT2D eigenvalue weighted by molar-refractivity contribution is -0.120. The van der Waals surface area contributed by atoms with Crippen LogP contribution < -0.4 is 5.32 Å². The van der Waals surface area contributed by atoms with Crippen LogP contribution >= 0.6 is 11.3 Å². The van der Waals surface area contributed by atoms with Gasteiger partial charge in [0.15, 0.2) is 15.0 Å². The van der Waals surface area contributed by atoms with E-state index in [1.54, 1.807) is 0 Å². The normalized spacial score (nSPS) is 18.5. The van der Waals surface area contributed by atoms with Gasteiger partial charge in [-0.3, -0.25) is 4.79 Å². The van der Waals surface area contributed by atoms with E-state index in [-0.39, 0.29) is 34.7 Å². The van der Waals surface area contributed by atoms with Crippen molar-refractivity contribution in [1.82, 2.24) is 9.29 Å². The molecule has 0 spiro atoms. The highest BCUT2D eigenvalue weighted by Gasteiger charge is 2.33. The van der Waals surface area contributed by atoms with E-state index in [1.165, 1.54) is 44.8 Å². The van der Waals surface area contributed by atoms with E-state index in [1.807, 2.05) is 0 Å². The van der Waals surface area contributed by atoms with Crippen molar-refractivity contribution >= 4 is 42.2 Å². The predicted octanol–water partition coefficient (Wildman–Crippen LogP) is 2.46. The van der Waals surface area contributed by atoms with Gasteiger partial charge in [0.05, 0.1) is 15.5 Å². The van der Waals surface area contributed by atoms with Crippen LogP contribution in [0.15, 0.2) is 34.1 Å². The number of benzene rings is 1. The molecule has 1 N–H and O–H groups in total. The number of anilines is 1. The molecule has 2 aliphatic rings. The zero-order chi connectivity index (χ0) is 22.2. The Morgan fingerprint density at radius 2 is 1.77 bits per heavy atom. The summed E-state index contributed by atoms with van der Waals surface area (Å²) < 4.78 is 50.8. The van der Waals surface area contributed by atoms with Crippen molar-refractivity contribution in [2.24, 2.45) is 5.92 Å². The molecule has 1 aliphatic carbocycles. The lowest BCUT2D eigenvalue weighted by Gasteiger charge is -2.30. The summed E-state index contributed by atoms with van der Waals surface area (Å²) in [4.78, 5) is 18.4. The Labute approximate surface area is 186 Å². The third-order valence-electron chi connectivity index (χ3n) is 5.77. The molecule has 2 aromatic rings. The van der Waals surface area contributed by atoms with Crippen molar-refractivity contribution in [2.45, 2.75) is 48.3 Å². The van der Waals surface area contributed by atoms with Gasteiger partial charge < -0.3 is 5.32 Å². The highest BCUT2D eigenvalue weighted by molar-refractivity contribution is 7.91. The lowest BCUT2D eigenvalue weighted by atomic mass is 9.97. The fourth-order valence-corrected chi connectivity index (χ4v) is 7.30. The average molecular weight is 484 g/mol. The molecule has 11 heteroatoms. The Morgan fingerprint density at radius 1 is 1.10 bits per heavy atom. The van der Waals surface area contributed by atoms with Crippen LogP contribution in [0.5, 0.6) is 0 Å². The summed E-state index contributed by atoms with van der Waals surface area (Å²) in [5.41, 5.74) is 1.09. The first-order chi connectivity index (χ1) is 14.6. The smallest absolute Gasteiger partial charge is 0.243 e. The van der Waals surface area contributed by atoms with E-state index in [0.717, 1.165) is 37.6 Å². The number of hydrogen-bond donors (Lipinski definition) is 1. The highest BCUT2D eigenvalue weighted by atomic mass is 32.2. The zero-order valence-electron chi connectivity index (χ0n) is 17.2. The number of carbonyl (C=O) groups excluding carboxylic acids is 1. The number of sulfonamides is 1. The van der Waals surface area contributed by atoms with E-state index in [0.29, 0.717) is 18.0 Å². The summed E-state index contributed by atoms with van der Waals surface area (Å²) in [6.07, 6.45) is 6.11. The van der Waals surface area contributed by atoms with Crippen molar-refractivity contribution in [3.8, 4) is 0 Å². The molecule has 1 saturated heterocycles. The number of nitrogens with zero attached hydrogens (tertiary/aromatic N) is 2. The molecule has 4 rings (SSSR count). The number of hydrogen-bond acceptors (Lipinski definition) is 7. The summed E-state index contributed by atoms with van der Waals surface area (Å²) in [6, 6.07) is 5.39. The second kappa shape index (κ2) is 8.61. The SMILES string of the molecule is CS(=O)(=O)c1cccc(S(=O)(=O)N2CCC(C(=O)Nc3nc4c(s3)CCCC4)CC2)c1. The molecule has 0 radical (unpaired) electrons. The Kier molecular flexibility index (Phi) is 6.21. The molecule has 31 heavy (non-hydrogen) atoms. The summed E-state index contributed by atoms with van der Waals surface area (Å²) in [7, 11) is -7.34. The molecule has 1 aliphatic heterocycles. The highest BCUT2D eigenvalue weighted by Crippen LogP contribution is 2.31. The molecule has 0 saturated carbocycles. The minimum absolute atomic E-state index is 0.0333. The van der Waals surface area contributed by atoms with Crippen molar-refractivity contribution in [2.75, 3.05) is 24.7 Å². The number of rotatable bonds is 5. The van der Waals surface area contributed by atoms with Crippen molar-refractivity contribution < 1.29 is 21.6 Å². The van der Waals surface area contributed by atoms with Crippen LogP contribution in [-0.4, -0.2) is 51.4 Å². The van der Waals surface area contributed by atoms with Gasteiger partial charge in [-0.05, 0) is 56.7 Å². The summed E-state index contributed by atoms with van der Waals surface area (Å²) >= 11 is 1.53. The molecule has 0 atom stereocenters. The van der Waals surface area contributed by atoms with Crippen LogP contribution in [0.25, 0.3) is 0 Å². The maximum Gasteiger partial charge on any atom is 0.243 e. The van der Waals surface area contributed by atoms with Crippen LogP contribution in [0.2, 0.25) is 0 Å². The number of amides is 1. The number of carbonyl (C=O) groups is 1. The van der Waals surface area contributed by atoms with Gasteiger partial charge >= 0.3 is 0 Å². The maximum absolute atomic E-state index is 13.0. The Balaban J connectivity index is 1.40. The minimum atomic E-state index is -3.83. The van der Waals surface area contributed by atoms with Crippen molar-refractivity contribution in [1.29, 1.82) is 0 Å². The van der Waals surface area contributed by atoms with Gasteiger partial charge in [-0.1, -0.05) is 6.07 Å². The summed E-state index contributed by atoms with van der Waals surface area (Å²) in [5, 5.41) is 3.54. The number of thiazole rings is 1. The minimum Gasteiger partial charge on any atom is -0.302 e. The van der Waals surface area contributed by atoms with E-state index in [2.05, 4.69) is 10.3 Å².